The average Bonchev–Trinajstić information content (AvgIpc) is 3.03. The topological polar surface area (TPSA) is 69.0 Å². The molecule has 1 aliphatic heterocycles. The zero-order chi connectivity index (χ0) is 19.6. The molecule has 1 amide bonds. The number of amides is 1. The van der Waals surface area contributed by atoms with Gasteiger partial charge in [-0.3, -0.25) is 9.59 Å². The summed E-state index contributed by atoms with van der Waals surface area (Å²) in [6, 6.07) is 5.80. The van der Waals surface area contributed by atoms with Crippen LogP contribution in [0.1, 0.15) is 45.6 Å². The van der Waals surface area contributed by atoms with E-state index in [2.05, 4.69) is 0 Å². The number of methoxy groups -OCH3 is 1. The molecule has 0 radical (unpaired) electrons. The predicted octanol–water partition coefficient (Wildman–Crippen LogP) is 3.71. The molecule has 3 rings (SSSR count). The summed E-state index contributed by atoms with van der Waals surface area (Å²) in [4.78, 5) is 27.0. The molecule has 0 saturated carbocycles. The maximum Gasteiger partial charge on any atom is 0.311 e. The Balaban J connectivity index is 1.64. The first kappa shape index (κ1) is 19.3. The van der Waals surface area contributed by atoms with Crippen molar-refractivity contribution in [2.45, 2.75) is 64.6 Å². The van der Waals surface area contributed by atoms with Crippen LogP contribution in [0.3, 0.4) is 0 Å². The Labute approximate surface area is 159 Å². The number of benzene rings is 1. The molecule has 6 nitrogen and oxygen atoms in total. The molecule has 1 aromatic carbocycles. The standard InChI is InChI=1S/C21H27NO5/c1-13-6-5-7-14(2)22(13)21(24)15(3)27-20(23)10-16-12-26-19-11-17(25-4)8-9-18(16)19/h8-9,11-15H,5-7,10H2,1-4H3/t13-,14+,15-/m1/s1. The highest BCUT2D eigenvalue weighted by molar-refractivity contribution is 5.88. The Morgan fingerprint density at radius 3 is 2.63 bits per heavy atom. The van der Waals surface area contributed by atoms with Gasteiger partial charge < -0.3 is 18.8 Å². The van der Waals surface area contributed by atoms with E-state index in [-0.39, 0.29) is 24.4 Å². The number of rotatable bonds is 5. The van der Waals surface area contributed by atoms with Gasteiger partial charge in [0.1, 0.15) is 11.3 Å². The lowest BCUT2D eigenvalue weighted by Crippen LogP contribution is -2.51. The fraction of sp³-hybridized carbons (Fsp3) is 0.524. The first-order chi connectivity index (χ1) is 12.9. The quantitative estimate of drug-likeness (QED) is 0.748. The summed E-state index contributed by atoms with van der Waals surface area (Å²) in [6.07, 6.45) is 3.91. The Morgan fingerprint density at radius 2 is 1.96 bits per heavy atom. The summed E-state index contributed by atoms with van der Waals surface area (Å²) in [5, 5.41) is 0.838. The number of hydrogen-bond acceptors (Lipinski definition) is 5. The molecule has 0 bridgehead atoms. The molecule has 0 aliphatic carbocycles. The third-order valence-electron chi connectivity index (χ3n) is 5.30. The number of likely N-dealkylation sites (tertiary alicyclic amines) is 1. The summed E-state index contributed by atoms with van der Waals surface area (Å²) >= 11 is 0. The van der Waals surface area contributed by atoms with Crippen LogP contribution in [0.25, 0.3) is 11.0 Å². The molecule has 0 spiro atoms. The summed E-state index contributed by atoms with van der Waals surface area (Å²) in [5.41, 5.74) is 1.38. The fourth-order valence-corrected chi connectivity index (χ4v) is 3.84. The summed E-state index contributed by atoms with van der Waals surface area (Å²) in [7, 11) is 1.59. The van der Waals surface area contributed by atoms with Gasteiger partial charge in [-0.2, -0.15) is 0 Å². The van der Waals surface area contributed by atoms with E-state index < -0.39 is 12.1 Å². The first-order valence-corrected chi connectivity index (χ1v) is 9.46. The van der Waals surface area contributed by atoms with Gasteiger partial charge in [0.25, 0.3) is 5.91 Å². The van der Waals surface area contributed by atoms with Crippen LogP contribution in [-0.4, -0.2) is 42.1 Å². The van der Waals surface area contributed by atoms with Crippen LogP contribution in [0.4, 0.5) is 0 Å². The number of piperidine rings is 1. The Bertz CT molecular complexity index is 817. The molecule has 0 N–H and O–H groups in total. The lowest BCUT2D eigenvalue weighted by molar-refractivity contribution is -0.161. The molecule has 1 fully saturated rings. The average molecular weight is 373 g/mol. The number of furan rings is 1. The van der Waals surface area contributed by atoms with E-state index in [1.54, 1.807) is 26.4 Å². The van der Waals surface area contributed by atoms with Gasteiger partial charge in [0, 0.05) is 29.1 Å². The zero-order valence-corrected chi connectivity index (χ0v) is 16.4. The van der Waals surface area contributed by atoms with Crippen molar-refractivity contribution in [1.29, 1.82) is 0 Å². The second-order valence-electron chi connectivity index (χ2n) is 7.31. The van der Waals surface area contributed by atoms with Gasteiger partial charge in [-0.1, -0.05) is 0 Å². The minimum absolute atomic E-state index is 0.0576. The van der Waals surface area contributed by atoms with E-state index in [4.69, 9.17) is 13.9 Å². The zero-order valence-electron chi connectivity index (χ0n) is 16.4. The predicted molar refractivity (Wildman–Crippen MR) is 102 cm³/mol. The largest absolute Gasteiger partial charge is 0.497 e. The van der Waals surface area contributed by atoms with Crippen LogP contribution in [0.5, 0.6) is 5.75 Å². The molecule has 2 heterocycles. The van der Waals surface area contributed by atoms with Crippen molar-refractivity contribution in [2.75, 3.05) is 7.11 Å². The van der Waals surface area contributed by atoms with Crippen molar-refractivity contribution < 1.29 is 23.5 Å². The van der Waals surface area contributed by atoms with E-state index in [1.165, 1.54) is 0 Å². The third kappa shape index (κ3) is 4.10. The Morgan fingerprint density at radius 1 is 1.26 bits per heavy atom. The van der Waals surface area contributed by atoms with Gasteiger partial charge in [0.2, 0.25) is 0 Å². The van der Waals surface area contributed by atoms with Gasteiger partial charge in [0.05, 0.1) is 19.8 Å². The van der Waals surface area contributed by atoms with Crippen molar-refractivity contribution in [3.63, 3.8) is 0 Å². The minimum atomic E-state index is -0.793. The molecular weight excluding hydrogens is 346 g/mol. The molecule has 1 aliphatic rings. The van der Waals surface area contributed by atoms with Crippen LogP contribution in [-0.2, 0) is 20.7 Å². The SMILES string of the molecule is COc1ccc2c(CC(=O)O[C@H](C)C(=O)N3[C@H](C)CCC[C@@H]3C)coc2c1. The van der Waals surface area contributed by atoms with Crippen LogP contribution in [0, 0.1) is 0 Å². The lowest BCUT2D eigenvalue weighted by atomic mass is 9.97. The van der Waals surface area contributed by atoms with E-state index in [0.717, 1.165) is 30.2 Å². The van der Waals surface area contributed by atoms with Crippen LogP contribution >= 0.6 is 0 Å². The molecule has 27 heavy (non-hydrogen) atoms. The second kappa shape index (κ2) is 8.03. The van der Waals surface area contributed by atoms with Gasteiger partial charge in [0.15, 0.2) is 6.10 Å². The number of carbonyl (C=O) groups is 2. The normalized spacial score (nSPS) is 21.1. The highest BCUT2D eigenvalue weighted by Gasteiger charge is 2.33. The monoisotopic (exact) mass is 373 g/mol. The number of fused-ring (bicyclic) bond motifs is 1. The number of hydrogen-bond donors (Lipinski definition) is 0. The molecular formula is C21H27NO5. The highest BCUT2D eigenvalue weighted by Crippen LogP contribution is 2.27. The van der Waals surface area contributed by atoms with Crippen LogP contribution in [0.15, 0.2) is 28.9 Å². The van der Waals surface area contributed by atoms with E-state index >= 15 is 0 Å². The molecule has 146 valence electrons. The summed E-state index contributed by atoms with van der Waals surface area (Å²) in [6.45, 7) is 5.74. The molecule has 1 aromatic heterocycles. The molecule has 1 saturated heterocycles. The van der Waals surface area contributed by atoms with E-state index in [1.807, 2.05) is 30.9 Å². The summed E-state index contributed by atoms with van der Waals surface area (Å²) < 4.78 is 16.1. The van der Waals surface area contributed by atoms with Gasteiger partial charge >= 0.3 is 5.97 Å². The Kier molecular flexibility index (Phi) is 5.73. The minimum Gasteiger partial charge on any atom is -0.497 e. The van der Waals surface area contributed by atoms with Crippen LogP contribution < -0.4 is 4.74 Å². The molecule has 2 aromatic rings. The van der Waals surface area contributed by atoms with Crippen LogP contribution in [0.2, 0.25) is 0 Å². The van der Waals surface area contributed by atoms with Crippen molar-refractivity contribution in [3.05, 3.63) is 30.0 Å². The number of esters is 1. The summed E-state index contributed by atoms with van der Waals surface area (Å²) in [5.74, 6) is 0.131. The maximum absolute atomic E-state index is 12.8. The fourth-order valence-electron chi connectivity index (χ4n) is 3.84. The maximum atomic E-state index is 12.8. The molecule has 6 heteroatoms. The van der Waals surface area contributed by atoms with Gasteiger partial charge in [-0.25, -0.2) is 0 Å². The van der Waals surface area contributed by atoms with Crippen molar-refractivity contribution in [1.82, 2.24) is 4.90 Å². The first-order valence-electron chi connectivity index (χ1n) is 9.46. The molecule has 3 atom stereocenters. The second-order valence-corrected chi connectivity index (χ2v) is 7.31. The number of carbonyl (C=O) groups excluding carboxylic acids is 2. The van der Waals surface area contributed by atoms with Crippen molar-refractivity contribution in [3.8, 4) is 5.75 Å². The number of ether oxygens (including phenoxy) is 2. The van der Waals surface area contributed by atoms with Crippen molar-refractivity contribution >= 4 is 22.8 Å². The smallest absolute Gasteiger partial charge is 0.311 e. The highest BCUT2D eigenvalue weighted by atomic mass is 16.5. The van der Waals surface area contributed by atoms with Crippen molar-refractivity contribution in [2.24, 2.45) is 0 Å². The van der Waals surface area contributed by atoms with Gasteiger partial charge in [-0.05, 0) is 52.2 Å². The lowest BCUT2D eigenvalue weighted by Gasteiger charge is -2.40. The van der Waals surface area contributed by atoms with Gasteiger partial charge in [-0.15, -0.1) is 0 Å². The van der Waals surface area contributed by atoms with E-state index in [0.29, 0.717) is 11.3 Å². The van der Waals surface area contributed by atoms with E-state index in [9.17, 15) is 9.59 Å². The Hall–Kier alpha value is -2.50. The third-order valence-corrected chi connectivity index (χ3v) is 5.30. The number of nitrogens with zero attached hydrogens (tertiary/aromatic N) is 1. The molecule has 0 unspecified atom stereocenters.